The number of sulfonamides is 1. The Bertz CT molecular complexity index is 1460. The van der Waals surface area contributed by atoms with E-state index in [2.05, 4.69) is 6.07 Å². The molecule has 0 spiro atoms. The highest BCUT2D eigenvalue weighted by Crippen LogP contribution is 2.36. The number of aliphatic hydroxyl groups excluding tert-OH is 1. The molecule has 0 radical (unpaired) electrons. The van der Waals surface area contributed by atoms with Gasteiger partial charge in [0, 0.05) is 31.6 Å². The molecule has 0 unspecified atom stereocenters. The van der Waals surface area contributed by atoms with Crippen molar-refractivity contribution in [2.75, 3.05) is 19.9 Å². The maximum atomic E-state index is 13.9. The second-order valence-electron chi connectivity index (χ2n) is 11.3. The van der Waals surface area contributed by atoms with Gasteiger partial charge >= 0.3 is 0 Å². The standard InChI is InChI=1S/C32H39N3O6S/c1-32(2,16-6-7-17-33)22-35(42(37,38)27-14-15-30-31(19-27)41-23-40-30)20-29(36)28(34)18-24-10-12-26(13-11-24)39-21-25-8-4-3-5-9-25/h3-5,8-15,19,28-29,36H,6-7,16,18,20-23,34H2,1-2H3/t28-,29+/m0/s1. The molecule has 4 rings (SSSR count). The quantitative estimate of drug-likeness (QED) is 0.244. The monoisotopic (exact) mass is 593 g/mol. The van der Waals surface area contributed by atoms with Gasteiger partial charge in [0.2, 0.25) is 16.8 Å². The highest BCUT2D eigenvalue weighted by Gasteiger charge is 2.34. The van der Waals surface area contributed by atoms with E-state index in [1.807, 2.05) is 68.4 Å². The average molecular weight is 594 g/mol. The summed E-state index contributed by atoms with van der Waals surface area (Å²) in [4.78, 5) is 0.0476. The fraction of sp³-hybridized carbons (Fsp3) is 0.406. The summed E-state index contributed by atoms with van der Waals surface area (Å²) < 4.78 is 45.6. The normalized spacial score (nSPS) is 14.4. The number of nitrogens with zero attached hydrogens (tertiary/aromatic N) is 2. The van der Waals surface area contributed by atoms with Gasteiger partial charge in [0.1, 0.15) is 12.4 Å². The van der Waals surface area contributed by atoms with Gasteiger partial charge in [-0.05, 0) is 60.1 Å². The summed E-state index contributed by atoms with van der Waals surface area (Å²) in [5.74, 6) is 1.56. The number of nitriles is 1. The van der Waals surface area contributed by atoms with Gasteiger partial charge in [0.15, 0.2) is 11.5 Å². The maximum absolute atomic E-state index is 13.9. The molecule has 3 aromatic rings. The third-order valence-corrected chi connectivity index (χ3v) is 9.06. The van der Waals surface area contributed by atoms with Crippen LogP contribution in [0.4, 0.5) is 0 Å². The lowest BCUT2D eigenvalue weighted by Crippen LogP contribution is -2.48. The van der Waals surface area contributed by atoms with Crippen molar-refractivity contribution in [3.63, 3.8) is 0 Å². The Labute approximate surface area is 248 Å². The molecule has 2 atom stereocenters. The van der Waals surface area contributed by atoms with Crippen LogP contribution in [0, 0.1) is 16.7 Å². The Morgan fingerprint density at radius 1 is 1.05 bits per heavy atom. The van der Waals surface area contributed by atoms with Gasteiger partial charge in [-0.3, -0.25) is 0 Å². The van der Waals surface area contributed by atoms with Crippen LogP contribution in [-0.2, 0) is 23.1 Å². The molecule has 0 saturated heterocycles. The van der Waals surface area contributed by atoms with Gasteiger partial charge in [-0.25, -0.2) is 8.42 Å². The summed E-state index contributed by atoms with van der Waals surface area (Å²) in [7, 11) is -4.02. The first kappa shape index (κ1) is 31.3. The maximum Gasteiger partial charge on any atom is 0.243 e. The molecule has 0 aliphatic carbocycles. The minimum absolute atomic E-state index is 0.0299. The van der Waals surface area contributed by atoms with E-state index < -0.39 is 27.6 Å². The number of aliphatic hydroxyl groups is 1. The molecule has 1 aliphatic rings. The van der Waals surface area contributed by atoms with Gasteiger partial charge in [-0.1, -0.05) is 56.3 Å². The molecule has 1 aliphatic heterocycles. The Morgan fingerprint density at radius 2 is 1.76 bits per heavy atom. The van der Waals surface area contributed by atoms with Crippen LogP contribution in [-0.4, -0.2) is 49.9 Å². The zero-order valence-corrected chi connectivity index (χ0v) is 24.9. The van der Waals surface area contributed by atoms with Crippen LogP contribution in [0.3, 0.4) is 0 Å². The van der Waals surface area contributed by atoms with E-state index in [1.54, 1.807) is 6.07 Å². The van der Waals surface area contributed by atoms with E-state index in [9.17, 15) is 13.5 Å². The number of fused-ring (bicyclic) bond motifs is 1. The molecule has 10 heteroatoms. The predicted octanol–water partition coefficient (Wildman–Crippen LogP) is 4.64. The third kappa shape index (κ3) is 8.46. The van der Waals surface area contributed by atoms with Crippen LogP contribution >= 0.6 is 0 Å². The number of hydrogen-bond donors (Lipinski definition) is 2. The molecule has 9 nitrogen and oxygen atoms in total. The van der Waals surface area contributed by atoms with E-state index in [-0.39, 0.29) is 24.8 Å². The first-order chi connectivity index (χ1) is 20.1. The summed E-state index contributed by atoms with van der Waals surface area (Å²) in [6.07, 6.45) is 0.909. The van der Waals surface area contributed by atoms with Crippen LogP contribution in [0.2, 0.25) is 0 Å². The van der Waals surface area contributed by atoms with E-state index in [0.29, 0.717) is 43.8 Å². The molecule has 0 fully saturated rings. The molecule has 3 N–H and O–H groups in total. The van der Waals surface area contributed by atoms with Crippen LogP contribution in [0.5, 0.6) is 17.2 Å². The summed E-state index contributed by atoms with van der Waals surface area (Å²) >= 11 is 0. The van der Waals surface area contributed by atoms with Crippen LogP contribution in [0.25, 0.3) is 0 Å². The molecule has 0 saturated carbocycles. The molecule has 0 bridgehead atoms. The van der Waals surface area contributed by atoms with Crippen molar-refractivity contribution in [2.45, 2.75) is 63.2 Å². The molecule has 42 heavy (non-hydrogen) atoms. The molecule has 0 aromatic heterocycles. The smallest absolute Gasteiger partial charge is 0.243 e. The fourth-order valence-corrected chi connectivity index (χ4v) is 6.51. The van der Waals surface area contributed by atoms with Crippen molar-refractivity contribution in [1.82, 2.24) is 4.31 Å². The molecule has 0 amide bonds. The SMILES string of the molecule is CC(C)(CCCC#N)CN(C[C@@H](O)[C@@H](N)Cc1ccc(OCc2ccccc2)cc1)S(=O)(=O)c1ccc2c(c1)OCO2. The molecule has 1 heterocycles. The second-order valence-corrected chi connectivity index (χ2v) is 13.3. The van der Waals surface area contributed by atoms with Crippen LogP contribution < -0.4 is 19.9 Å². The zero-order chi connectivity index (χ0) is 30.2. The first-order valence-electron chi connectivity index (χ1n) is 14.0. The summed E-state index contributed by atoms with van der Waals surface area (Å²) in [6.45, 7) is 4.37. The van der Waals surface area contributed by atoms with Gasteiger partial charge in [-0.2, -0.15) is 9.57 Å². The Kier molecular flexibility index (Phi) is 10.5. The zero-order valence-electron chi connectivity index (χ0n) is 24.1. The molecule has 3 aromatic carbocycles. The number of unbranched alkanes of at least 4 members (excludes halogenated alkanes) is 1. The topological polar surface area (TPSA) is 135 Å². The van der Waals surface area contributed by atoms with E-state index in [1.165, 1.54) is 16.4 Å². The van der Waals surface area contributed by atoms with Crippen molar-refractivity contribution >= 4 is 10.0 Å². The summed E-state index contributed by atoms with van der Waals surface area (Å²) in [5.41, 5.74) is 7.94. The lowest BCUT2D eigenvalue weighted by Gasteiger charge is -2.34. The van der Waals surface area contributed by atoms with Crippen LogP contribution in [0.1, 0.15) is 44.2 Å². The first-order valence-corrected chi connectivity index (χ1v) is 15.5. The van der Waals surface area contributed by atoms with Gasteiger partial charge in [0.05, 0.1) is 17.1 Å². The summed E-state index contributed by atoms with van der Waals surface area (Å²) in [6, 6.07) is 23.3. The van der Waals surface area contributed by atoms with Gasteiger partial charge in [0.25, 0.3) is 0 Å². The highest BCUT2D eigenvalue weighted by atomic mass is 32.2. The second kappa shape index (κ2) is 14.0. The Balaban J connectivity index is 1.44. The Hall–Kier alpha value is -3.62. The minimum atomic E-state index is -4.02. The van der Waals surface area contributed by atoms with Crippen molar-refractivity contribution in [1.29, 1.82) is 5.26 Å². The largest absolute Gasteiger partial charge is 0.489 e. The van der Waals surface area contributed by atoms with Gasteiger partial charge in [-0.15, -0.1) is 0 Å². The van der Waals surface area contributed by atoms with Crippen LogP contribution in [0.15, 0.2) is 77.7 Å². The van der Waals surface area contributed by atoms with Crippen molar-refractivity contribution in [3.8, 4) is 23.3 Å². The van der Waals surface area contributed by atoms with E-state index >= 15 is 0 Å². The van der Waals surface area contributed by atoms with E-state index in [0.717, 1.165) is 16.9 Å². The van der Waals surface area contributed by atoms with Gasteiger partial charge < -0.3 is 25.1 Å². The number of nitrogens with two attached hydrogens (primary N) is 1. The molecule has 224 valence electrons. The number of rotatable bonds is 15. The number of hydrogen-bond acceptors (Lipinski definition) is 8. The molecular formula is C32H39N3O6S. The van der Waals surface area contributed by atoms with Crippen molar-refractivity contribution in [3.05, 3.63) is 83.9 Å². The van der Waals surface area contributed by atoms with Crippen molar-refractivity contribution in [2.24, 2.45) is 11.1 Å². The number of benzene rings is 3. The lowest BCUT2D eigenvalue weighted by molar-refractivity contribution is 0.106. The minimum Gasteiger partial charge on any atom is -0.489 e. The number of ether oxygens (including phenoxy) is 3. The third-order valence-electron chi connectivity index (χ3n) is 7.26. The Morgan fingerprint density at radius 3 is 2.48 bits per heavy atom. The molecular weight excluding hydrogens is 554 g/mol. The predicted molar refractivity (Wildman–Crippen MR) is 159 cm³/mol. The van der Waals surface area contributed by atoms with E-state index in [4.69, 9.17) is 25.2 Å². The fourth-order valence-electron chi connectivity index (χ4n) is 4.85. The average Bonchev–Trinajstić information content (AvgIpc) is 3.45. The lowest BCUT2D eigenvalue weighted by atomic mass is 9.87. The summed E-state index contributed by atoms with van der Waals surface area (Å²) in [5, 5.41) is 20.1. The highest BCUT2D eigenvalue weighted by molar-refractivity contribution is 7.89. The van der Waals surface area contributed by atoms with Crippen molar-refractivity contribution < 1.29 is 27.7 Å².